The first-order valence-electron chi connectivity index (χ1n) is 5.78. The minimum atomic E-state index is -0.149. The van der Waals surface area contributed by atoms with Crippen molar-refractivity contribution in [2.45, 2.75) is 40.0 Å². The summed E-state index contributed by atoms with van der Waals surface area (Å²) in [6.07, 6.45) is -0.149. The minimum Gasteiger partial charge on any atom is -0.380 e. The van der Waals surface area contributed by atoms with Gasteiger partial charge >= 0.3 is 0 Å². The normalized spacial score (nSPS) is 13.4. The monoisotopic (exact) mass is 219 g/mol. The van der Waals surface area contributed by atoms with Crippen molar-refractivity contribution in [2.24, 2.45) is 0 Å². The standard InChI is InChI=1S/C11H25NO3/c1-5-13-9-10(4)12-8-11(14-6-2)15-7-3/h10-12H,5-9H2,1-4H3. The molecular formula is C11H25NO3. The Morgan fingerprint density at radius 1 is 1.00 bits per heavy atom. The maximum atomic E-state index is 5.41. The lowest BCUT2D eigenvalue weighted by Gasteiger charge is -2.20. The molecular weight excluding hydrogens is 194 g/mol. The number of ether oxygens (including phenoxy) is 3. The van der Waals surface area contributed by atoms with Crippen molar-refractivity contribution in [2.75, 3.05) is 33.0 Å². The Morgan fingerprint density at radius 2 is 1.60 bits per heavy atom. The number of rotatable bonds is 10. The summed E-state index contributed by atoms with van der Waals surface area (Å²) < 4.78 is 16.1. The van der Waals surface area contributed by atoms with Gasteiger partial charge in [0, 0.05) is 32.4 Å². The molecule has 0 bridgehead atoms. The van der Waals surface area contributed by atoms with Crippen molar-refractivity contribution >= 4 is 0 Å². The average Bonchev–Trinajstić information content (AvgIpc) is 2.23. The Bertz CT molecular complexity index is 127. The van der Waals surface area contributed by atoms with E-state index in [0.29, 0.717) is 25.8 Å². The maximum absolute atomic E-state index is 5.41. The van der Waals surface area contributed by atoms with Gasteiger partial charge in [0.25, 0.3) is 0 Å². The summed E-state index contributed by atoms with van der Waals surface area (Å²) in [5.74, 6) is 0. The van der Waals surface area contributed by atoms with Crippen LogP contribution in [0.5, 0.6) is 0 Å². The van der Waals surface area contributed by atoms with Gasteiger partial charge in [0.05, 0.1) is 6.61 Å². The van der Waals surface area contributed by atoms with Crippen molar-refractivity contribution in [1.29, 1.82) is 0 Å². The molecule has 4 heteroatoms. The Labute approximate surface area is 93.3 Å². The van der Waals surface area contributed by atoms with Gasteiger partial charge in [0.1, 0.15) is 0 Å². The Balaban J connectivity index is 3.57. The van der Waals surface area contributed by atoms with Crippen LogP contribution in [0.25, 0.3) is 0 Å². The molecule has 0 radical (unpaired) electrons. The van der Waals surface area contributed by atoms with Gasteiger partial charge in [-0.15, -0.1) is 0 Å². The summed E-state index contributed by atoms with van der Waals surface area (Å²) in [6.45, 7) is 11.5. The SMILES string of the molecule is CCOCC(C)NCC(OCC)OCC. The summed E-state index contributed by atoms with van der Waals surface area (Å²) in [4.78, 5) is 0. The second-order valence-corrected chi connectivity index (χ2v) is 3.31. The van der Waals surface area contributed by atoms with E-state index in [-0.39, 0.29) is 6.29 Å². The molecule has 0 aromatic heterocycles. The molecule has 1 unspecified atom stereocenters. The third kappa shape index (κ3) is 8.81. The molecule has 0 spiro atoms. The topological polar surface area (TPSA) is 39.7 Å². The third-order valence-electron chi connectivity index (χ3n) is 1.91. The van der Waals surface area contributed by atoms with Crippen LogP contribution >= 0.6 is 0 Å². The first kappa shape index (κ1) is 14.8. The van der Waals surface area contributed by atoms with E-state index >= 15 is 0 Å². The third-order valence-corrected chi connectivity index (χ3v) is 1.91. The van der Waals surface area contributed by atoms with Crippen LogP contribution < -0.4 is 5.32 Å². The molecule has 1 N–H and O–H groups in total. The lowest BCUT2D eigenvalue weighted by molar-refractivity contribution is -0.134. The molecule has 0 aliphatic carbocycles. The molecule has 0 amide bonds. The molecule has 0 heterocycles. The quantitative estimate of drug-likeness (QED) is 0.564. The first-order valence-corrected chi connectivity index (χ1v) is 5.78. The number of hydrogen-bond acceptors (Lipinski definition) is 4. The smallest absolute Gasteiger partial charge is 0.169 e. The van der Waals surface area contributed by atoms with Gasteiger partial charge < -0.3 is 19.5 Å². The largest absolute Gasteiger partial charge is 0.380 e. The summed E-state index contributed by atoms with van der Waals surface area (Å²) in [6, 6.07) is 0.327. The predicted octanol–water partition coefficient (Wildman–Crippen LogP) is 1.40. The van der Waals surface area contributed by atoms with Crippen molar-refractivity contribution < 1.29 is 14.2 Å². The lowest BCUT2D eigenvalue weighted by atomic mass is 10.3. The van der Waals surface area contributed by atoms with Gasteiger partial charge in [-0.05, 0) is 27.7 Å². The molecule has 0 aliphatic rings. The van der Waals surface area contributed by atoms with Gasteiger partial charge in [-0.2, -0.15) is 0 Å². The fourth-order valence-electron chi connectivity index (χ4n) is 1.19. The van der Waals surface area contributed by atoms with Gasteiger partial charge in [-0.3, -0.25) is 0 Å². The summed E-state index contributed by atoms with van der Waals surface area (Å²) in [7, 11) is 0. The highest BCUT2D eigenvalue weighted by Crippen LogP contribution is 1.94. The van der Waals surface area contributed by atoms with Crippen LogP contribution in [-0.2, 0) is 14.2 Å². The van der Waals surface area contributed by atoms with E-state index in [1.807, 2.05) is 20.8 Å². The highest BCUT2D eigenvalue weighted by atomic mass is 16.7. The van der Waals surface area contributed by atoms with E-state index in [9.17, 15) is 0 Å². The van der Waals surface area contributed by atoms with E-state index < -0.39 is 0 Å². The fraction of sp³-hybridized carbons (Fsp3) is 1.00. The lowest BCUT2D eigenvalue weighted by Crippen LogP contribution is -2.38. The Kier molecular flexibility index (Phi) is 10.3. The molecule has 0 aliphatic heterocycles. The van der Waals surface area contributed by atoms with Crippen molar-refractivity contribution in [3.63, 3.8) is 0 Å². The highest BCUT2D eigenvalue weighted by Gasteiger charge is 2.09. The van der Waals surface area contributed by atoms with Crippen LogP contribution in [0.15, 0.2) is 0 Å². The minimum absolute atomic E-state index is 0.149. The van der Waals surface area contributed by atoms with E-state index in [1.165, 1.54) is 0 Å². The second kappa shape index (κ2) is 10.4. The van der Waals surface area contributed by atoms with Crippen LogP contribution in [0.4, 0.5) is 0 Å². The van der Waals surface area contributed by atoms with Gasteiger partial charge in [0.2, 0.25) is 0 Å². The highest BCUT2D eigenvalue weighted by molar-refractivity contribution is 4.60. The molecule has 0 saturated carbocycles. The predicted molar refractivity (Wildman–Crippen MR) is 61.0 cm³/mol. The average molecular weight is 219 g/mol. The molecule has 92 valence electrons. The van der Waals surface area contributed by atoms with E-state index in [1.54, 1.807) is 0 Å². The molecule has 15 heavy (non-hydrogen) atoms. The molecule has 0 rings (SSSR count). The van der Waals surface area contributed by atoms with Crippen molar-refractivity contribution in [1.82, 2.24) is 5.32 Å². The van der Waals surface area contributed by atoms with Crippen LogP contribution in [-0.4, -0.2) is 45.3 Å². The van der Waals surface area contributed by atoms with E-state index in [4.69, 9.17) is 14.2 Å². The zero-order valence-corrected chi connectivity index (χ0v) is 10.4. The first-order chi connectivity index (χ1) is 7.24. The number of nitrogens with one attached hydrogen (secondary N) is 1. The molecule has 0 fully saturated rings. The molecule has 0 aromatic rings. The zero-order valence-electron chi connectivity index (χ0n) is 10.4. The molecule has 4 nitrogen and oxygen atoms in total. The molecule has 0 saturated heterocycles. The van der Waals surface area contributed by atoms with Crippen LogP contribution in [0.2, 0.25) is 0 Å². The molecule has 0 aromatic carbocycles. The van der Waals surface area contributed by atoms with Crippen molar-refractivity contribution in [3.8, 4) is 0 Å². The van der Waals surface area contributed by atoms with Crippen LogP contribution in [0.3, 0.4) is 0 Å². The van der Waals surface area contributed by atoms with E-state index in [0.717, 1.165) is 13.2 Å². The second-order valence-electron chi connectivity index (χ2n) is 3.31. The molecule has 1 atom stereocenters. The van der Waals surface area contributed by atoms with E-state index in [2.05, 4.69) is 12.2 Å². The van der Waals surface area contributed by atoms with Crippen LogP contribution in [0, 0.1) is 0 Å². The van der Waals surface area contributed by atoms with Gasteiger partial charge in [0.15, 0.2) is 6.29 Å². The summed E-state index contributed by atoms with van der Waals surface area (Å²) in [5.41, 5.74) is 0. The maximum Gasteiger partial charge on any atom is 0.169 e. The Morgan fingerprint density at radius 3 is 2.07 bits per heavy atom. The fourth-order valence-corrected chi connectivity index (χ4v) is 1.19. The van der Waals surface area contributed by atoms with Gasteiger partial charge in [-0.25, -0.2) is 0 Å². The van der Waals surface area contributed by atoms with Gasteiger partial charge in [-0.1, -0.05) is 0 Å². The van der Waals surface area contributed by atoms with Crippen LogP contribution in [0.1, 0.15) is 27.7 Å². The zero-order chi connectivity index (χ0) is 11.5. The van der Waals surface area contributed by atoms with Crippen molar-refractivity contribution in [3.05, 3.63) is 0 Å². The summed E-state index contributed by atoms with van der Waals surface area (Å²) >= 11 is 0. The number of hydrogen-bond donors (Lipinski definition) is 1. The summed E-state index contributed by atoms with van der Waals surface area (Å²) in [5, 5.41) is 3.31. The Hall–Kier alpha value is -0.160.